The predicted octanol–water partition coefficient (Wildman–Crippen LogP) is 2.47. The maximum Gasteiger partial charge on any atom is 0.186 e. The van der Waals surface area contributed by atoms with Gasteiger partial charge in [-0.15, -0.1) is 0 Å². The van der Waals surface area contributed by atoms with Crippen molar-refractivity contribution in [3.63, 3.8) is 0 Å². The number of thioether (sulfide) groups is 1. The fraction of sp³-hybridized carbons (Fsp3) is 0.250. The zero-order chi connectivity index (χ0) is 11.1. The van der Waals surface area contributed by atoms with E-state index in [1.54, 1.807) is 6.92 Å². The minimum Gasteiger partial charge on any atom is -0.392 e. The lowest BCUT2D eigenvalue weighted by atomic mass is 10.1. The van der Waals surface area contributed by atoms with Crippen LogP contribution in [0, 0.1) is 0 Å². The number of hydrogen-bond donors (Lipinski definition) is 1. The fourth-order valence-corrected chi connectivity index (χ4v) is 1.61. The molecule has 0 saturated carbocycles. The van der Waals surface area contributed by atoms with Crippen molar-refractivity contribution < 1.29 is 9.90 Å². The molecule has 0 saturated heterocycles. The van der Waals surface area contributed by atoms with Crippen molar-refractivity contribution in [2.45, 2.75) is 13.5 Å². The lowest BCUT2D eigenvalue weighted by molar-refractivity contribution is -0.109. The topological polar surface area (TPSA) is 37.3 Å². The van der Waals surface area contributed by atoms with E-state index in [2.05, 4.69) is 0 Å². The van der Waals surface area contributed by atoms with E-state index in [4.69, 9.17) is 5.11 Å². The minimum atomic E-state index is 0.0420. The van der Waals surface area contributed by atoms with E-state index in [0.29, 0.717) is 5.75 Å². The number of hydrogen-bond acceptors (Lipinski definition) is 3. The van der Waals surface area contributed by atoms with Crippen molar-refractivity contribution in [3.8, 4) is 0 Å². The highest BCUT2D eigenvalue weighted by molar-refractivity contribution is 8.13. The highest BCUT2D eigenvalue weighted by Crippen LogP contribution is 2.11. The molecule has 0 fully saturated rings. The Hall–Kier alpha value is -1.06. The fourth-order valence-electron chi connectivity index (χ4n) is 1.18. The lowest BCUT2D eigenvalue weighted by Gasteiger charge is -2.00. The number of aliphatic hydroxyl groups excluding tert-OH is 1. The van der Waals surface area contributed by atoms with Crippen LogP contribution in [0.3, 0.4) is 0 Å². The van der Waals surface area contributed by atoms with E-state index in [-0.39, 0.29) is 11.7 Å². The van der Waals surface area contributed by atoms with Gasteiger partial charge in [-0.05, 0) is 11.1 Å². The summed E-state index contributed by atoms with van der Waals surface area (Å²) in [4.78, 5) is 10.7. The summed E-state index contributed by atoms with van der Waals surface area (Å²) in [6.45, 7) is 1.60. The van der Waals surface area contributed by atoms with Gasteiger partial charge in [-0.25, -0.2) is 0 Å². The molecule has 15 heavy (non-hydrogen) atoms. The Labute approximate surface area is 94.0 Å². The van der Waals surface area contributed by atoms with Crippen LogP contribution in [-0.2, 0) is 11.4 Å². The van der Waals surface area contributed by atoms with Gasteiger partial charge in [-0.1, -0.05) is 48.2 Å². The number of rotatable bonds is 4. The van der Waals surface area contributed by atoms with E-state index in [9.17, 15) is 4.79 Å². The zero-order valence-corrected chi connectivity index (χ0v) is 9.46. The van der Waals surface area contributed by atoms with Crippen LogP contribution in [0.25, 0.3) is 6.08 Å². The summed E-state index contributed by atoms with van der Waals surface area (Å²) < 4.78 is 0. The molecular weight excluding hydrogens is 208 g/mol. The zero-order valence-electron chi connectivity index (χ0n) is 8.64. The summed E-state index contributed by atoms with van der Waals surface area (Å²) in [5.74, 6) is 0.676. The Balaban J connectivity index is 2.59. The van der Waals surface area contributed by atoms with E-state index >= 15 is 0 Å². The van der Waals surface area contributed by atoms with Crippen molar-refractivity contribution in [1.29, 1.82) is 0 Å². The van der Waals surface area contributed by atoms with Gasteiger partial charge >= 0.3 is 0 Å². The largest absolute Gasteiger partial charge is 0.392 e. The predicted molar refractivity (Wildman–Crippen MR) is 64.5 cm³/mol. The standard InChI is InChI=1S/C12H14O2S/c1-10(14)15-8-4-7-11-5-2-3-6-12(11)9-13/h2-7,13H,8-9H2,1H3. The van der Waals surface area contributed by atoms with Gasteiger partial charge in [0.25, 0.3) is 0 Å². The molecule has 0 bridgehead atoms. The number of aliphatic hydroxyl groups is 1. The van der Waals surface area contributed by atoms with Crippen LogP contribution in [0.4, 0.5) is 0 Å². The second-order valence-corrected chi connectivity index (χ2v) is 4.26. The number of benzene rings is 1. The first-order chi connectivity index (χ1) is 7.24. The molecule has 2 nitrogen and oxygen atoms in total. The third-order valence-electron chi connectivity index (χ3n) is 1.91. The van der Waals surface area contributed by atoms with E-state index in [1.807, 2.05) is 36.4 Å². The molecule has 0 radical (unpaired) electrons. The minimum absolute atomic E-state index is 0.0420. The van der Waals surface area contributed by atoms with Gasteiger partial charge in [0, 0.05) is 12.7 Å². The van der Waals surface area contributed by atoms with Crippen molar-refractivity contribution in [3.05, 3.63) is 41.5 Å². The summed E-state index contributed by atoms with van der Waals surface area (Å²) in [6.07, 6.45) is 3.86. The van der Waals surface area contributed by atoms with Crippen LogP contribution in [0.2, 0.25) is 0 Å². The Morgan fingerprint density at radius 2 is 2.20 bits per heavy atom. The van der Waals surface area contributed by atoms with Gasteiger partial charge in [-0.3, -0.25) is 4.79 Å². The number of carbonyl (C=O) groups excluding carboxylic acids is 1. The van der Waals surface area contributed by atoms with Crippen LogP contribution >= 0.6 is 11.8 Å². The maximum absolute atomic E-state index is 10.7. The molecule has 1 N–H and O–H groups in total. The third-order valence-corrected chi connectivity index (χ3v) is 2.67. The molecule has 1 rings (SSSR count). The van der Waals surface area contributed by atoms with Crippen molar-refractivity contribution in [2.75, 3.05) is 5.75 Å². The summed E-state index contributed by atoms with van der Waals surface area (Å²) in [5, 5.41) is 9.19. The molecule has 0 atom stereocenters. The molecule has 0 aliphatic heterocycles. The summed E-state index contributed by atoms with van der Waals surface area (Å²) in [6, 6.07) is 7.66. The molecule has 0 aromatic heterocycles. The Morgan fingerprint density at radius 3 is 2.87 bits per heavy atom. The molecule has 0 amide bonds. The quantitative estimate of drug-likeness (QED) is 0.850. The molecular formula is C12H14O2S. The van der Waals surface area contributed by atoms with Gasteiger partial charge in [-0.2, -0.15) is 0 Å². The molecule has 3 heteroatoms. The van der Waals surface area contributed by atoms with Gasteiger partial charge in [0.05, 0.1) is 6.61 Å². The first kappa shape index (κ1) is 12.0. The highest BCUT2D eigenvalue weighted by Gasteiger charge is 1.95. The number of carbonyl (C=O) groups is 1. The average Bonchev–Trinajstić information content (AvgIpc) is 2.24. The van der Waals surface area contributed by atoms with E-state index < -0.39 is 0 Å². The molecule has 80 valence electrons. The van der Waals surface area contributed by atoms with Crippen LogP contribution in [0.15, 0.2) is 30.3 Å². The van der Waals surface area contributed by atoms with Gasteiger partial charge in [0.15, 0.2) is 5.12 Å². The first-order valence-corrected chi connectivity index (χ1v) is 5.71. The maximum atomic E-state index is 10.7. The van der Waals surface area contributed by atoms with Crippen LogP contribution < -0.4 is 0 Å². The van der Waals surface area contributed by atoms with Gasteiger partial charge in [0.1, 0.15) is 0 Å². The SMILES string of the molecule is CC(=O)SCC=Cc1ccccc1CO. The molecule has 0 aliphatic carbocycles. The normalized spacial score (nSPS) is 10.8. The smallest absolute Gasteiger partial charge is 0.186 e. The van der Waals surface area contributed by atoms with Crippen LogP contribution in [0.1, 0.15) is 18.1 Å². The first-order valence-electron chi connectivity index (χ1n) is 4.72. The van der Waals surface area contributed by atoms with Crippen molar-refractivity contribution in [1.82, 2.24) is 0 Å². The van der Waals surface area contributed by atoms with Crippen LogP contribution in [-0.4, -0.2) is 16.0 Å². The second-order valence-electron chi connectivity index (χ2n) is 3.06. The Bertz CT molecular complexity index is 358. The monoisotopic (exact) mass is 222 g/mol. The third kappa shape index (κ3) is 4.32. The Kier molecular flexibility index (Phi) is 5.15. The van der Waals surface area contributed by atoms with Crippen LogP contribution in [0.5, 0.6) is 0 Å². The van der Waals surface area contributed by atoms with Crippen molar-refractivity contribution >= 4 is 23.0 Å². The average molecular weight is 222 g/mol. The lowest BCUT2D eigenvalue weighted by Crippen LogP contribution is -1.87. The molecule has 0 unspecified atom stereocenters. The Morgan fingerprint density at radius 1 is 1.47 bits per heavy atom. The molecule has 0 heterocycles. The van der Waals surface area contributed by atoms with Gasteiger partial charge < -0.3 is 5.11 Å². The summed E-state index contributed by atoms with van der Waals surface area (Å²) >= 11 is 1.28. The van der Waals surface area contributed by atoms with Gasteiger partial charge in [0.2, 0.25) is 0 Å². The van der Waals surface area contributed by atoms with E-state index in [1.165, 1.54) is 11.8 Å². The van der Waals surface area contributed by atoms with E-state index in [0.717, 1.165) is 11.1 Å². The highest BCUT2D eigenvalue weighted by atomic mass is 32.2. The van der Waals surface area contributed by atoms with Crippen molar-refractivity contribution in [2.24, 2.45) is 0 Å². The second kappa shape index (κ2) is 6.43. The molecule has 0 aliphatic rings. The summed E-state index contributed by atoms with van der Waals surface area (Å²) in [5.41, 5.74) is 1.91. The molecule has 1 aromatic rings. The summed E-state index contributed by atoms with van der Waals surface area (Å²) in [7, 11) is 0. The molecule has 0 spiro atoms. The molecule has 1 aromatic carbocycles.